The molecule has 1 saturated carbocycles. The zero-order valence-corrected chi connectivity index (χ0v) is 28.7. The van der Waals surface area contributed by atoms with Gasteiger partial charge in [0, 0.05) is 19.2 Å². The standard InChI is InChI=1S/C37H44N2O10S/c40-32(21-39(20-26-6-4-5-7-26)50(42,43)29-14-15-33-34(19-29)48-24-47-33)31(38-37(41)49-35-23-46-36-30(35)16-17-44-36)18-25-10-12-28(13-11-25)45-22-27-8-2-1-3-9-27/h1-3,8-15,19,26,30-32,35-36,40H,4-7,16-18,20-24H2,(H,38,41)/t30?,31-,32+,35?,36?/m0/s1. The summed E-state index contributed by atoms with van der Waals surface area (Å²) in [6, 6.07) is 20.9. The van der Waals surface area contributed by atoms with Gasteiger partial charge < -0.3 is 38.8 Å². The lowest BCUT2D eigenvalue weighted by Crippen LogP contribution is -2.51. The van der Waals surface area contributed by atoms with Gasteiger partial charge in [-0.15, -0.1) is 0 Å². The Morgan fingerprint density at radius 1 is 0.940 bits per heavy atom. The summed E-state index contributed by atoms with van der Waals surface area (Å²) in [6.07, 6.45) is 1.97. The molecule has 1 aliphatic carbocycles. The Labute approximate surface area is 292 Å². The van der Waals surface area contributed by atoms with E-state index in [9.17, 15) is 18.3 Å². The number of hydrogen-bond acceptors (Lipinski definition) is 10. The number of sulfonamides is 1. The highest BCUT2D eigenvalue weighted by Crippen LogP contribution is 2.36. The van der Waals surface area contributed by atoms with Crippen molar-refractivity contribution >= 4 is 16.1 Å². The van der Waals surface area contributed by atoms with Crippen LogP contribution in [0.1, 0.15) is 43.2 Å². The van der Waals surface area contributed by atoms with Crippen molar-refractivity contribution in [3.63, 3.8) is 0 Å². The normalized spacial score (nSPS) is 22.7. The Morgan fingerprint density at radius 3 is 2.52 bits per heavy atom. The average Bonchev–Trinajstić information content (AvgIpc) is 3.95. The molecule has 2 N–H and O–H groups in total. The van der Waals surface area contributed by atoms with E-state index in [1.165, 1.54) is 16.4 Å². The summed E-state index contributed by atoms with van der Waals surface area (Å²) in [4.78, 5) is 13.4. The third-order valence-electron chi connectivity index (χ3n) is 9.95. The summed E-state index contributed by atoms with van der Waals surface area (Å²) in [5, 5.41) is 14.7. The first-order chi connectivity index (χ1) is 24.3. The van der Waals surface area contributed by atoms with Crippen molar-refractivity contribution in [2.75, 3.05) is 33.1 Å². The van der Waals surface area contributed by atoms with Gasteiger partial charge in [-0.1, -0.05) is 55.3 Å². The Hall–Kier alpha value is -3.88. The van der Waals surface area contributed by atoms with Gasteiger partial charge in [0.2, 0.25) is 16.8 Å². The lowest BCUT2D eigenvalue weighted by Gasteiger charge is -2.31. The number of carbonyl (C=O) groups excluding carboxylic acids is 1. The van der Waals surface area contributed by atoms with Gasteiger partial charge in [-0.05, 0) is 67.0 Å². The third-order valence-corrected chi connectivity index (χ3v) is 11.8. The molecule has 3 fully saturated rings. The number of nitrogens with zero attached hydrogens (tertiary/aromatic N) is 1. The number of ether oxygens (including phenoxy) is 6. The summed E-state index contributed by atoms with van der Waals surface area (Å²) < 4.78 is 63.5. The zero-order chi connectivity index (χ0) is 34.5. The number of amides is 1. The fourth-order valence-corrected chi connectivity index (χ4v) is 8.69. The molecule has 0 bridgehead atoms. The molecule has 3 aromatic rings. The van der Waals surface area contributed by atoms with Gasteiger partial charge >= 0.3 is 6.09 Å². The first-order valence-corrected chi connectivity index (χ1v) is 18.8. The number of hydrogen-bond donors (Lipinski definition) is 2. The molecule has 268 valence electrons. The van der Waals surface area contributed by atoms with Crippen LogP contribution < -0.4 is 19.5 Å². The second-order valence-corrected chi connectivity index (χ2v) is 15.3. The van der Waals surface area contributed by atoms with Crippen LogP contribution in [0.15, 0.2) is 77.7 Å². The van der Waals surface area contributed by atoms with Crippen LogP contribution in [0.5, 0.6) is 17.2 Å². The summed E-state index contributed by atoms with van der Waals surface area (Å²) in [7, 11) is -4.06. The summed E-state index contributed by atoms with van der Waals surface area (Å²) in [5.74, 6) is 1.62. The Balaban J connectivity index is 1.09. The highest BCUT2D eigenvalue weighted by molar-refractivity contribution is 7.89. The molecule has 1 amide bonds. The molecule has 5 atom stereocenters. The van der Waals surface area contributed by atoms with Crippen molar-refractivity contribution in [2.24, 2.45) is 11.8 Å². The maximum absolute atomic E-state index is 14.2. The first kappa shape index (κ1) is 34.6. The van der Waals surface area contributed by atoms with Crippen molar-refractivity contribution in [1.82, 2.24) is 9.62 Å². The molecule has 0 spiro atoms. The molecule has 3 unspecified atom stereocenters. The van der Waals surface area contributed by atoms with Gasteiger partial charge in [-0.3, -0.25) is 0 Å². The molecule has 7 rings (SSSR count). The van der Waals surface area contributed by atoms with E-state index >= 15 is 0 Å². The number of carbonyl (C=O) groups is 1. The van der Waals surface area contributed by atoms with Gasteiger partial charge in [0.05, 0.1) is 36.2 Å². The molecule has 3 aliphatic heterocycles. The van der Waals surface area contributed by atoms with E-state index in [1.807, 2.05) is 54.6 Å². The molecule has 3 aromatic carbocycles. The van der Waals surface area contributed by atoms with E-state index in [4.69, 9.17) is 28.4 Å². The van der Waals surface area contributed by atoms with Crippen LogP contribution in [0, 0.1) is 11.8 Å². The van der Waals surface area contributed by atoms with Crippen LogP contribution in [0.2, 0.25) is 0 Å². The predicted octanol–water partition coefficient (Wildman–Crippen LogP) is 4.64. The van der Waals surface area contributed by atoms with E-state index in [1.54, 1.807) is 6.07 Å². The SMILES string of the molecule is O=C(N[C@@H](Cc1ccc(OCc2ccccc2)cc1)[C@H](O)CN(CC1CCCC1)S(=O)(=O)c1ccc2c(c1)OCO2)OC1COC2OCCC12. The lowest BCUT2D eigenvalue weighted by atomic mass is 10.0. The third kappa shape index (κ3) is 8.18. The molecule has 0 aromatic heterocycles. The monoisotopic (exact) mass is 708 g/mol. The topological polar surface area (TPSA) is 142 Å². The van der Waals surface area contributed by atoms with Crippen LogP contribution >= 0.6 is 0 Å². The van der Waals surface area contributed by atoms with E-state index in [0.29, 0.717) is 30.5 Å². The number of aliphatic hydroxyl groups excluding tert-OH is 1. The molecule has 13 heteroatoms. The minimum Gasteiger partial charge on any atom is -0.489 e. The molecule has 3 heterocycles. The number of rotatable bonds is 14. The number of aliphatic hydroxyl groups is 1. The van der Waals surface area contributed by atoms with Gasteiger partial charge in [0.25, 0.3) is 0 Å². The quantitative estimate of drug-likeness (QED) is 0.243. The Bertz CT molecular complexity index is 1700. The van der Waals surface area contributed by atoms with Crippen molar-refractivity contribution in [2.45, 2.75) is 74.6 Å². The summed E-state index contributed by atoms with van der Waals surface area (Å²) >= 11 is 0. The van der Waals surface area contributed by atoms with Crippen LogP contribution in [-0.2, 0) is 37.3 Å². The second kappa shape index (κ2) is 15.6. The lowest BCUT2D eigenvalue weighted by molar-refractivity contribution is -0.0907. The summed E-state index contributed by atoms with van der Waals surface area (Å²) in [5.41, 5.74) is 1.86. The van der Waals surface area contributed by atoms with Crippen molar-refractivity contribution in [1.29, 1.82) is 0 Å². The first-order valence-electron chi connectivity index (χ1n) is 17.4. The van der Waals surface area contributed by atoms with E-state index in [-0.39, 0.29) is 55.9 Å². The smallest absolute Gasteiger partial charge is 0.407 e. The minimum atomic E-state index is -4.06. The Kier molecular flexibility index (Phi) is 10.8. The van der Waals surface area contributed by atoms with Gasteiger partial charge in [-0.2, -0.15) is 4.31 Å². The maximum Gasteiger partial charge on any atom is 0.407 e. The minimum absolute atomic E-state index is 0.0221. The maximum atomic E-state index is 14.2. The number of benzene rings is 3. The molecule has 4 aliphatic rings. The van der Waals surface area contributed by atoms with E-state index in [0.717, 1.165) is 43.2 Å². The van der Waals surface area contributed by atoms with Gasteiger partial charge in [-0.25, -0.2) is 13.2 Å². The molecular formula is C37H44N2O10S. The highest BCUT2D eigenvalue weighted by atomic mass is 32.2. The van der Waals surface area contributed by atoms with E-state index in [2.05, 4.69) is 5.32 Å². The van der Waals surface area contributed by atoms with Gasteiger partial charge in [0.1, 0.15) is 18.5 Å². The molecule has 0 radical (unpaired) electrons. The van der Waals surface area contributed by atoms with Crippen molar-refractivity contribution in [3.05, 3.63) is 83.9 Å². The van der Waals surface area contributed by atoms with E-state index < -0.39 is 34.4 Å². The fourth-order valence-electron chi connectivity index (χ4n) is 7.14. The largest absolute Gasteiger partial charge is 0.489 e. The molecule has 50 heavy (non-hydrogen) atoms. The van der Waals surface area contributed by atoms with Crippen LogP contribution in [-0.4, -0.2) is 81.6 Å². The Morgan fingerprint density at radius 2 is 1.72 bits per heavy atom. The predicted molar refractivity (Wildman–Crippen MR) is 181 cm³/mol. The van der Waals surface area contributed by atoms with Gasteiger partial charge in [0.15, 0.2) is 17.8 Å². The number of fused-ring (bicyclic) bond motifs is 2. The molecular weight excluding hydrogens is 664 g/mol. The van der Waals surface area contributed by atoms with Crippen LogP contribution in [0.25, 0.3) is 0 Å². The molecule has 2 saturated heterocycles. The van der Waals surface area contributed by atoms with Crippen molar-refractivity contribution < 1.29 is 46.7 Å². The van der Waals surface area contributed by atoms with Crippen LogP contribution in [0.4, 0.5) is 4.79 Å². The zero-order valence-electron chi connectivity index (χ0n) is 27.9. The number of alkyl carbamates (subject to hydrolysis) is 1. The highest BCUT2D eigenvalue weighted by Gasteiger charge is 2.44. The summed E-state index contributed by atoms with van der Waals surface area (Å²) in [6.45, 7) is 1.22. The number of nitrogens with one attached hydrogen (secondary N) is 1. The average molecular weight is 709 g/mol. The van der Waals surface area contributed by atoms with Crippen LogP contribution in [0.3, 0.4) is 0 Å². The second-order valence-electron chi connectivity index (χ2n) is 13.4. The van der Waals surface area contributed by atoms with Crippen molar-refractivity contribution in [3.8, 4) is 17.2 Å². The fraction of sp³-hybridized carbons (Fsp3) is 0.486. The molecule has 12 nitrogen and oxygen atoms in total.